The summed E-state index contributed by atoms with van der Waals surface area (Å²) in [6.07, 6.45) is 4.07. The maximum absolute atomic E-state index is 11.9. The van der Waals surface area contributed by atoms with Crippen LogP contribution in [-0.4, -0.2) is 42.6 Å². The molecule has 0 aromatic heterocycles. The van der Waals surface area contributed by atoms with Gasteiger partial charge in [0.1, 0.15) is 11.6 Å². The second-order valence-electron chi connectivity index (χ2n) is 5.46. The van der Waals surface area contributed by atoms with Crippen LogP contribution in [0.4, 0.5) is 0 Å². The average molecular weight is 226 g/mol. The van der Waals surface area contributed by atoms with Crippen LogP contribution in [0, 0.1) is 5.92 Å². The fraction of sp³-hybridized carbons (Fsp3) is 0.917. The van der Waals surface area contributed by atoms with Crippen molar-refractivity contribution in [1.82, 2.24) is 4.90 Å². The van der Waals surface area contributed by atoms with Crippen LogP contribution in [0.5, 0.6) is 0 Å². The summed E-state index contributed by atoms with van der Waals surface area (Å²) >= 11 is 0. The van der Waals surface area contributed by atoms with Gasteiger partial charge in [-0.3, -0.25) is 4.79 Å². The van der Waals surface area contributed by atoms with Crippen molar-refractivity contribution in [2.24, 2.45) is 11.7 Å². The van der Waals surface area contributed by atoms with Gasteiger partial charge in [-0.15, -0.1) is 0 Å². The van der Waals surface area contributed by atoms with E-state index < -0.39 is 5.54 Å². The van der Waals surface area contributed by atoms with Gasteiger partial charge in [0.15, 0.2) is 0 Å². The molecule has 92 valence electrons. The van der Waals surface area contributed by atoms with Crippen LogP contribution in [-0.2, 0) is 9.53 Å². The first-order valence-corrected chi connectivity index (χ1v) is 6.18. The van der Waals surface area contributed by atoms with Gasteiger partial charge >= 0.3 is 5.97 Å². The first kappa shape index (κ1) is 11.9. The summed E-state index contributed by atoms with van der Waals surface area (Å²) in [6, 6.07) is 0. The highest BCUT2D eigenvalue weighted by Gasteiger charge is 2.46. The first-order valence-electron chi connectivity index (χ1n) is 6.18. The largest absolute Gasteiger partial charge is 0.461 e. The van der Waals surface area contributed by atoms with Gasteiger partial charge in [0, 0.05) is 13.1 Å². The molecule has 4 nitrogen and oxygen atoms in total. The molecule has 1 aliphatic carbocycles. The van der Waals surface area contributed by atoms with Gasteiger partial charge < -0.3 is 15.4 Å². The quantitative estimate of drug-likeness (QED) is 0.722. The molecule has 1 saturated carbocycles. The minimum absolute atomic E-state index is 0.0744. The predicted octanol–water partition coefficient (Wildman–Crippen LogP) is 0.751. The molecule has 2 aliphatic rings. The van der Waals surface area contributed by atoms with Crippen LogP contribution in [0.25, 0.3) is 0 Å². The van der Waals surface area contributed by atoms with Crippen LogP contribution < -0.4 is 5.73 Å². The van der Waals surface area contributed by atoms with E-state index in [2.05, 4.69) is 11.9 Å². The van der Waals surface area contributed by atoms with Gasteiger partial charge in [0.05, 0.1) is 0 Å². The Morgan fingerprint density at radius 3 is 2.38 bits per heavy atom. The number of carbonyl (C=O) groups excluding carboxylic acids is 1. The van der Waals surface area contributed by atoms with Crippen molar-refractivity contribution in [3.63, 3.8) is 0 Å². The van der Waals surface area contributed by atoms with Gasteiger partial charge in [-0.05, 0) is 45.6 Å². The smallest absolute Gasteiger partial charge is 0.326 e. The molecule has 0 radical (unpaired) electrons. The molecule has 0 bridgehead atoms. The molecule has 16 heavy (non-hydrogen) atoms. The summed E-state index contributed by atoms with van der Waals surface area (Å²) in [4.78, 5) is 14.2. The lowest BCUT2D eigenvalue weighted by molar-refractivity contribution is -0.158. The lowest BCUT2D eigenvalue weighted by atomic mass is 9.97. The van der Waals surface area contributed by atoms with Crippen molar-refractivity contribution in [3.05, 3.63) is 0 Å². The number of likely N-dealkylation sites (tertiary alicyclic amines) is 1. The molecule has 1 heterocycles. The van der Waals surface area contributed by atoms with Gasteiger partial charge in [-0.25, -0.2) is 0 Å². The van der Waals surface area contributed by atoms with E-state index in [4.69, 9.17) is 10.5 Å². The number of carbonyl (C=O) groups is 1. The molecular formula is C12H22N2O2. The zero-order valence-corrected chi connectivity index (χ0v) is 10.2. The summed E-state index contributed by atoms with van der Waals surface area (Å²) in [5, 5.41) is 0. The van der Waals surface area contributed by atoms with E-state index in [9.17, 15) is 4.79 Å². The number of rotatable bonds is 3. The number of hydrogen-bond acceptors (Lipinski definition) is 4. The highest BCUT2D eigenvalue weighted by atomic mass is 16.5. The maximum Gasteiger partial charge on any atom is 0.326 e. The molecule has 1 atom stereocenters. The Bertz CT molecular complexity index is 266. The zero-order chi connectivity index (χ0) is 11.8. The number of nitrogens with two attached hydrogens (primary N) is 1. The monoisotopic (exact) mass is 226 g/mol. The Morgan fingerprint density at radius 2 is 1.88 bits per heavy atom. The van der Waals surface area contributed by atoms with Crippen molar-refractivity contribution in [1.29, 1.82) is 0 Å². The SMILES string of the molecule is CN1CCC(OC(=O)C(C)(N)C2CC2)CC1. The average Bonchev–Trinajstić information content (AvgIpc) is 3.05. The predicted molar refractivity (Wildman–Crippen MR) is 61.9 cm³/mol. The Kier molecular flexibility index (Phi) is 3.22. The van der Waals surface area contributed by atoms with E-state index in [1.54, 1.807) is 0 Å². The van der Waals surface area contributed by atoms with E-state index in [0.29, 0.717) is 5.92 Å². The topological polar surface area (TPSA) is 55.6 Å². The highest BCUT2D eigenvalue weighted by molar-refractivity contribution is 5.81. The number of hydrogen-bond donors (Lipinski definition) is 1. The van der Waals surface area contributed by atoms with Crippen LogP contribution in [0.1, 0.15) is 32.6 Å². The van der Waals surface area contributed by atoms with E-state index >= 15 is 0 Å². The normalized spacial score (nSPS) is 27.4. The number of esters is 1. The molecule has 0 aromatic carbocycles. The third-order valence-corrected chi connectivity index (χ3v) is 3.80. The fourth-order valence-electron chi connectivity index (χ4n) is 2.23. The molecule has 1 unspecified atom stereocenters. The third kappa shape index (κ3) is 2.55. The minimum Gasteiger partial charge on any atom is -0.461 e. The molecule has 2 fully saturated rings. The lowest BCUT2D eigenvalue weighted by Crippen LogP contribution is -2.50. The molecule has 0 aromatic rings. The Labute approximate surface area is 97.1 Å². The number of nitrogens with zero attached hydrogens (tertiary/aromatic N) is 1. The van der Waals surface area contributed by atoms with Crippen molar-refractivity contribution < 1.29 is 9.53 Å². The molecule has 0 spiro atoms. The molecule has 1 aliphatic heterocycles. The summed E-state index contributed by atoms with van der Waals surface area (Å²) in [5.74, 6) is 0.135. The number of piperidine rings is 1. The van der Waals surface area contributed by atoms with Crippen molar-refractivity contribution in [3.8, 4) is 0 Å². The third-order valence-electron chi connectivity index (χ3n) is 3.80. The van der Waals surface area contributed by atoms with Crippen molar-refractivity contribution >= 4 is 5.97 Å². The van der Waals surface area contributed by atoms with E-state index in [0.717, 1.165) is 38.8 Å². The summed E-state index contributed by atoms with van der Waals surface area (Å²) in [5.41, 5.74) is 5.26. The van der Waals surface area contributed by atoms with Crippen LogP contribution in [0.15, 0.2) is 0 Å². The zero-order valence-electron chi connectivity index (χ0n) is 10.2. The number of ether oxygens (including phenoxy) is 1. The summed E-state index contributed by atoms with van der Waals surface area (Å²) < 4.78 is 5.52. The van der Waals surface area contributed by atoms with Crippen molar-refractivity contribution in [2.75, 3.05) is 20.1 Å². The fourth-order valence-corrected chi connectivity index (χ4v) is 2.23. The minimum atomic E-state index is -0.761. The van der Waals surface area contributed by atoms with Gasteiger partial charge in [0.2, 0.25) is 0 Å². The molecule has 2 N–H and O–H groups in total. The van der Waals surface area contributed by atoms with Crippen LogP contribution in [0.3, 0.4) is 0 Å². The standard InChI is InChI=1S/C12H22N2O2/c1-12(13,9-3-4-9)11(15)16-10-5-7-14(2)8-6-10/h9-10H,3-8,13H2,1-2H3. The Hall–Kier alpha value is -0.610. The maximum atomic E-state index is 11.9. The van der Waals surface area contributed by atoms with Gasteiger partial charge in [-0.1, -0.05) is 0 Å². The van der Waals surface area contributed by atoms with Crippen molar-refractivity contribution in [2.45, 2.75) is 44.2 Å². The highest BCUT2D eigenvalue weighted by Crippen LogP contribution is 2.39. The van der Waals surface area contributed by atoms with Gasteiger partial charge in [0.25, 0.3) is 0 Å². The molecule has 2 rings (SSSR count). The van der Waals surface area contributed by atoms with E-state index in [1.165, 1.54) is 0 Å². The van der Waals surface area contributed by atoms with Crippen LogP contribution in [0.2, 0.25) is 0 Å². The van der Waals surface area contributed by atoms with Gasteiger partial charge in [-0.2, -0.15) is 0 Å². The molecular weight excluding hydrogens is 204 g/mol. The molecule has 0 amide bonds. The lowest BCUT2D eigenvalue weighted by Gasteiger charge is -2.31. The second-order valence-corrected chi connectivity index (χ2v) is 5.46. The summed E-state index contributed by atoms with van der Waals surface area (Å²) in [6.45, 7) is 3.81. The second kappa shape index (κ2) is 4.34. The van der Waals surface area contributed by atoms with Crippen LogP contribution >= 0.6 is 0 Å². The van der Waals surface area contributed by atoms with E-state index in [-0.39, 0.29) is 12.1 Å². The Morgan fingerprint density at radius 1 is 1.31 bits per heavy atom. The molecule has 1 saturated heterocycles. The summed E-state index contributed by atoms with van der Waals surface area (Å²) in [7, 11) is 2.09. The Balaban J connectivity index is 1.82. The first-order chi connectivity index (χ1) is 7.50. The van der Waals surface area contributed by atoms with E-state index in [1.807, 2.05) is 6.92 Å². The molecule has 4 heteroatoms.